The van der Waals surface area contributed by atoms with Gasteiger partial charge >= 0.3 is 6.01 Å². The van der Waals surface area contributed by atoms with E-state index in [1.807, 2.05) is 24.3 Å². The minimum Gasteiger partial charge on any atom is -0.495 e. The number of ether oxygens (including phenoxy) is 2. The van der Waals surface area contributed by atoms with E-state index in [-0.39, 0.29) is 12.2 Å². The molecule has 2 aromatic heterocycles. The van der Waals surface area contributed by atoms with Gasteiger partial charge in [-0.2, -0.15) is 9.97 Å². The summed E-state index contributed by atoms with van der Waals surface area (Å²) in [5, 5.41) is 10.9. The van der Waals surface area contributed by atoms with Gasteiger partial charge in [0.2, 0.25) is 5.82 Å². The van der Waals surface area contributed by atoms with Gasteiger partial charge in [-0.15, -0.1) is 5.11 Å². The maximum atomic E-state index is 5.78. The number of anilines is 2. The lowest BCUT2D eigenvalue weighted by atomic mass is 10.1. The van der Waals surface area contributed by atoms with E-state index in [0.717, 1.165) is 24.0 Å². The Morgan fingerprint density at radius 1 is 1.19 bits per heavy atom. The van der Waals surface area contributed by atoms with Crippen LogP contribution in [-0.2, 0) is 6.54 Å². The smallest absolute Gasteiger partial charge is 0.320 e. The number of nitrogens with zero attached hydrogens (tertiary/aromatic N) is 6. The second-order valence-corrected chi connectivity index (χ2v) is 7.26. The standard InChI is InChI=1S/C22H26N8O2/c1-3-4-10-32-22-26-19(28-29-23)18-21(27-22)30(14-15-8-6-5-7-9-15)20(25-18)16-11-17(31-2)13-24-12-16/h5-9,11-13,20,25H,3-4,10,14H2,1-2H3,(H2,23,26,27,28). The van der Waals surface area contributed by atoms with Crippen LogP contribution in [-0.4, -0.2) is 28.7 Å². The Hall–Kier alpha value is -3.95. The molecule has 0 saturated carbocycles. The minimum atomic E-state index is -0.278. The van der Waals surface area contributed by atoms with Crippen molar-refractivity contribution in [3.8, 4) is 11.8 Å². The molecule has 32 heavy (non-hydrogen) atoms. The molecular weight excluding hydrogens is 408 g/mol. The number of nitrogens with two attached hydrogens (primary N) is 1. The van der Waals surface area contributed by atoms with Crippen molar-refractivity contribution < 1.29 is 9.47 Å². The summed E-state index contributed by atoms with van der Waals surface area (Å²) in [5.74, 6) is 7.00. The highest BCUT2D eigenvalue weighted by Gasteiger charge is 2.35. The fourth-order valence-electron chi connectivity index (χ4n) is 3.50. The molecule has 0 saturated heterocycles. The molecule has 0 spiro atoms. The van der Waals surface area contributed by atoms with Gasteiger partial charge in [-0.25, -0.2) is 0 Å². The molecule has 1 aliphatic heterocycles. The predicted molar refractivity (Wildman–Crippen MR) is 121 cm³/mol. The first-order valence-electron chi connectivity index (χ1n) is 10.4. The molecule has 1 aromatic carbocycles. The molecule has 10 heteroatoms. The molecule has 166 valence electrons. The van der Waals surface area contributed by atoms with Gasteiger partial charge in [0.05, 0.1) is 19.9 Å². The van der Waals surface area contributed by atoms with Crippen LogP contribution in [0.15, 0.2) is 59.1 Å². The quantitative estimate of drug-likeness (QED) is 0.223. The monoisotopic (exact) mass is 434 g/mol. The van der Waals surface area contributed by atoms with Gasteiger partial charge in [0.15, 0.2) is 5.82 Å². The summed E-state index contributed by atoms with van der Waals surface area (Å²) >= 11 is 0. The molecule has 3 aromatic rings. The van der Waals surface area contributed by atoms with Crippen molar-refractivity contribution in [2.75, 3.05) is 23.9 Å². The number of unbranched alkanes of at least 4 members (excludes halogenated alkanes) is 1. The zero-order chi connectivity index (χ0) is 22.3. The SMILES string of the molecule is CCCCOc1nc(N=NN)c2c(n1)N(Cc1ccccc1)C(c1cncc(OC)c1)N2. The largest absolute Gasteiger partial charge is 0.495 e. The van der Waals surface area contributed by atoms with Gasteiger partial charge in [0.1, 0.15) is 17.6 Å². The van der Waals surface area contributed by atoms with E-state index in [1.54, 1.807) is 19.5 Å². The summed E-state index contributed by atoms with van der Waals surface area (Å²) in [6.07, 6.45) is 5.09. The third-order valence-electron chi connectivity index (χ3n) is 5.08. The van der Waals surface area contributed by atoms with Gasteiger partial charge in [-0.1, -0.05) is 48.9 Å². The number of pyridine rings is 1. The number of rotatable bonds is 9. The van der Waals surface area contributed by atoms with Crippen LogP contribution in [0.4, 0.5) is 17.3 Å². The first-order chi connectivity index (χ1) is 15.7. The molecule has 0 amide bonds. The second kappa shape index (κ2) is 9.90. The fraction of sp³-hybridized carbons (Fsp3) is 0.318. The van der Waals surface area contributed by atoms with Crippen molar-refractivity contribution in [1.29, 1.82) is 0 Å². The Bertz CT molecular complexity index is 1080. The Morgan fingerprint density at radius 2 is 2.03 bits per heavy atom. The van der Waals surface area contributed by atoms with Gasteiger partial charge in [0.25, 0.3) is 0 Å². The molecule has 1 atom stereocenters. The van der Waals surface area contributed by atoms with E-state index < -0.39 is 0 Å². The molecule has 0 fully saturated rings. The summed E-state index contributed by atoms with van der Waals surface area (Å²) in [6.45, 7) is 3.20. The second-order valence-electron chi connectivity index (χ2n) is 7.26. The Kier molecular flexibility index (Phi) is 6.59. The van der Waals surface area contributed by atoms with E-state index in [4.69, 9.17) is 20.3 Å². The molecule has 3 N–H and O–H groups in total. The van der Waals surface area contributed by atoms with Gasteiger partial charge in [-0.3, -0.25) is 4.98 Å². The number of fused-ring (bicyclic) bond motifs is 1. The van der Waals surface area contributed by atoms with Gasteiger partial charge in [0, 0.05) is 18.3 Å². The summed E-state index contributed by atoms with van der Waals surface area (Å²) in [6, 6.07) is 12.3. The highest BCUT2D eigenvalue weighted by atomic mass is 16.5. The highest BCUT2D eigenvalue weighted by Crippen LogP contribution is 2.46. The number of benzene rings is 1. The molecule has 0 bridgehead atoms. The third-order valence-corrected chi connectivity index (χ3v) is 5.08. The average molecular weight is 435 g/mol. The number of methoxy groups -OCH3 is 1. The van der Waals surface area contributed by atoms with Crippen molar-refractivity contribution >= 4 is 17.3 Å². The average Bonchev–Trinajstić information content (AvgIpc) is 3.19. The number of hydrogen-bond acceptors (Lipinski definition) is 9. The predicted octanol–water partition coefficient (Wildman–Crippen LogP) is 4.15. The van der Waals surface area contributed by atoms with Crippen LogP contribution in [0.3, 0.4) is 0 Å². The molecular formula is C22H26N8O2. The molecule has 0 aliphatic carbocycles. The van der Waals surface area contributed by atoms with Gasteiger partial charge < -0.3 is 25.5 Å². The third kappa shape index (κ3) is 4.53. The zero-order valence-electron chi connectivity index (χ0n) is 18.1. The molecule has 4 rings (SSSR count). The van der Waals surface area contributed by atoms with E-state index in [0.29, 0.717) is 36.2 Å². The molecule has 10 nitrogen and oxygen atoms in total. The van der Waals surface area contributed by atoms with Crippen molar-refractivity contribution in [2.24, 2.45) is 16.2 Å². The van der Waals surface area contributed by atoms with E-state index in [2.05, 4.69) is 49.6 Å². The van der Waals surface area contributed by atoms with Crippen LogP contribution in [0.2, 0.25) is 0 Å². The first-order valence-corrected chi connectivity index (χ1v) is 10.4. The minimum absolute atomic E-state index is 0.240. The zero-order valence-corrected chi connectivity index (χ0v) is 18.1. The summed E-state index contributed by atoms with van der Waals surface area (Å²) in [4.78, 5) is 15.5. The topological polar surface area (TPSA) is 123 Å². The Labute approximate surface area is 186 Å². The fourth-order valence-corrected chi connectivity index (χ4v) is 3.50. The Balaban J connectivity index is 1.78. The summed E-state index contributed by atoms with van der Waals surface area (Å²) in [7, 11) is 1.62. The van der Waals surface area contributed by atoms with Gasteiger partial charge in [-0.05, 0) is 18.1 Å². The lowest BCUT2D eigenvalue weighted by Gasteiger charge is -2.26. The lowest BCUT2D eigenvalue weighted by Crippen LogP contribution is -2.28. The van der Waals surface area contributed by atoms with Crippen LogP contribution in [0.25, 0.3) is 0 Å². The lowest BCUT2D eigenvalue weighted by molar-refractivity contribution is 0.286. The van der Waals surface area contributed by atoms with Crippen molar-refractivity contribution in [3.63, 3.8) is 0 Å². The van der Waals surface area contributed by atoms with Crippen LogP contribution >= 0.6 is 0 Å². The number of aromatic nitrogens is 3. The molecule has 0 radical (unpaired) electrons. The summed E-state index contributed by atoms with van der Waals surface area (Å²) in [5.41, 5.74) is 2.66. The first kappa shape index (κ1) is 21.3. The highest BCUT2D eigenvalue weighted by molar-refractivity contribution is 5.81. The number of nitrogens with one attached hydrogen (secondary N) is 1. The van der Waals surface area contributed by atoms with Crippen molar-refractivity contribution in [2.45, 2.75) is 32.5 Å². The van der Waals surface area contributed by atoms with E-state index in [9.17, 15) is 0 Å². The molecule has 1 aliphatic rings. The maximum absolute atomic E-state index is 5.78. The van der Waals surface area contributed by atoms with Crippen LogP contribution < -0.4 is 25.5 Å². The van der Waals surface area contributed by atoms with Crippen LogP contribution in [0.1, 0.15) is 37.1 Å². The summed E-state index contributed by atoms with van der Waals surface area (Å²) < 4.78 is 11.2. The van der Waals surface area contributed by atoms with Crippen LogP contribution in [0.5, 0.6) is 11.8 Å². The molecule has 3 heterocycles. The number of hydrogen-bond donors (Lipinski definition) is 2. The molecule has 1 unspecified atom stereocenters. The van der Waals surface area contributed by atoms with Crippen molar-refractivity contribution in [1.82, 2.24) is 15.0 Å². The van der Waals surface area contributed by atoms with E-state index >= 15 is 0 Å². The maximum Gasteiger partial charge on any atom is 0.320 e. The Morgan fingerprint density at radius 3 is 2.78 bits per heavy atom. The normalized spacial score (nSPS) is 14.9. The van der Waals surface area contributed by atoms with Crippen LogP contribution in [0, 0.1) is 0 Å². The van der Waals surface area contributed by atoms with E-state index in [1.165, 1.54) is 0 Å². The van der Waals surface area contributed by atoms with Crippen molar-refractivity contribution in [3.05, 3.63) is 59.9 Å².